The van der Waals surface area contributed by atoms with E-state index in [1.54, 1.807) is 0 Å². The zero-order valence-electron chi connectivity index (χ0n) is 15.4. The number of hydrogen-bond acceptors (Lipinski definition) is 4. The maximum Gasteiger partial charge on any atom is 0.324 e. The molecule has 0 spiro atoms. The number of urea groups is 1. The minimum absolute atomic E-state index is 0.0429. The average Bonchev–Trinajstić information content (AvgIpc) is 2.96. The number of benzene rings is 2. The van der Waals surface area contributed by atoms with Gasteiger partial charge < -0.3 is 16.0 Å². The second-order valence-electron chi connectivity index (χ2n) is 6.64. The van der Waals surface area contributed by atoms with Gasteiger partial charge in [0, 0.05) is 28.3 Å². The maximum absolute atomic E-state index is 12.2. The van der Waals surface area contributed by atoms with Gasteiger partial charge in [0.15, 0.2) is 0 Å². The highest BCUT2D eigenvalue weighted by Crippen LogP contribution is 2.17. The fourth-order valence-electron chi connectivity index (χ4n) is 2.92. The minimum atomic E-state index is -0.374. The van der Waals surface area contributed by atoms with Crippen LogP contribution in [0.15, 0.2) is 53.0 Å². The van der Waals surface area contributed by atoms with Gasteiger partial charge in [0.1, 0.15) is 0 Å². The summed E-state index contributed by atoms with van der Waals surface area (Å²) in [4.78, 5) is 36.8. The van der Waals surface area contributed by atoms with Gasteiger partial charge in [0.05, 0.1) is 13.1 Å². The number of nitrogens with one attached hydrogen (secondary N) is 3. The molecule has 2 aromatic carbocycles. The molecule has 1 aliphatic rings. The highest BCUT2D eigenvalue weighted by Gasteiger charge is 2.28. The molecule has 1 aliphatic heterocycles. The molecule has 1 atom stereocenters. The van der Waals surface area contributed by atoms with Gasteiger partial charge in [-0.25, -0.2) is 4.79 Å². The van der Waals surface area contributed by atoms with E-state index in [1.165, 1.54) is 4.90 Å². The number of anilines is 2. The van der Waals surface area contributed by atoms with E-state index in [2.05, 4.69) is 31.9 Å². The predicted octanol–water partition coefficient (Wildman–Crippen LogP) is 3.33. The molecule has 0 aromatic heterocycles. The van der Waals surface area contributed by atoms with Gasteiger partial charge in [0.25, 0.3) is 0 Å². The van der Waals surface area contributed by atoms with Crippen LogP contribution in [0.25, 0.3) is 0 Å². The minimum Gasteiger partial charge on any atom is -0.382 e. The maximum atomic E-state index is 12.2. The van der Waals surface area contributed by atoms with E-state index >= 15 is 0 Å². The molecule has 146 valence electrons. The Kier molecular flexibility index (Phi) is 6.30. The van der Waals surface area contributed by atoms with Crippen LogP contribution in [0.2, 0.25) is 0 Å². The van der Waals surface area contributed by atoms with E-state index in [4.69, 9.17) is 0 Å². The molecular formula is C20H21BrN4O3. The first-order valence-electron chi connectivity index (χ1n) is 8.90. The van der Waals surface area contributed by atoms with Crippen molar-refractivity contribution in [3.8, 4) is 0 Å². The summed E-state index contributed by atoms with van der Waals surface area (Å²) in [6, 6.07) is 14.4. The molecule has 4 amide bonds. The van der Waals surface area contributed by atoms with Gasteiger partial charge >= 0.3 is 6.03 Å². The number of halogens is 1. The van der Waals surface area contributed by atoms with Crippen LogP contribution in [-0.2, 0) is 16.1 Å². The highest BCUT2D eigenvalue weighted by molar-refractivity contribution is 9.10. The van der Waals surface area contributed by atoms with E-state index in [-0.39, 0.29) is 37.0 Å². The van der Waals surface area contributed by atoms with Crippen molar-refractivity contribution in [2.45, 2.75) is 25.9 Å². The van der Waals surface area contributed by atoms with Crippen LogP contribution in [-0.4, -0.2) is 35.3 Å². The number of carbonyl (C=O) groups is 3. The standard InChI is InChI=1S/C20H21BrN4O3/c1-13(9-18(26)24-16-7-5-15(21)6-8-16)23-17-4-2-3-14(10-17)12-25-19(27)11-22-20(25)28/h2-8,10,13,23H,9,11-12H2,1H3,(H,22,28)(H,24,26). The van der Waals surface area contributed by atoms with Crippen LogP contribution in [0, 0.1) is 0 Å². The van der Waals surface area contributed by atoms with Crippen LogP contribution in [0.1, 0.15) is 18.9 Å². The molecule has 2 aromatic rings. The van der Waals surface area contributed by atoms with Crippen LogP contribution < -0.4 is 16.0 Å². The summed E-state index contributed by atoms with van der Waals surface area (Å²) in [5.41, 5.74) is 2.41. The molecule has 1 heterocycles. The van der Waals surface area contributed by atoms with Crippen molar-refractivity contribution in [1.29, 1.82) is 0 Å². The quantitative estimate of drug-likeness (QED) is 0.571. The smallest absolute Gasteiger partial charge is 0.324 e. The van der Waals surface area contributed by atoms with E-state index in [0.717, 1.165) is 21.4 Å². The lowest BCUT2D eigenvalue weighted by molar-refractivity contribution is -0.125. The second kappa shape index (κ2) is 8.88. The summed E-state index contributed by atoms with van der Waals surface area (Å²) in [6.45, 7) is 2.19. The number of hydrogen-bond donors (Lipinski definition) is 3. The Hall–Kier alpha value is -2.87. The van der Waals surface area contributed by atoms with E-state index < -0.39 is 0 Å². The van der Waals surface area contributed by atoms with Crippen LogP contribution in [0.4, 0.5) is 16.2 Å². The third kappa shape index (κ3) is 5.32. The molecule has 3 rings (SSSR count). The number of amides is 4. The Morgan fingerprint density at radius 3 is 2.61 bits per heavy atom. The van der Waals surface area contributed by atoms with Gasteiger partial charge in [-0.1, -0.05) is 28.1 Å². The average molecular weight is 445 g/mol. The van der Waals surface area contributed by atoms with Crippen LogP contribution in [0.3, 0.4) is 0 Å². The van der Waals surface area contributed by atoms with Gasteiger partial charge in [-0.3, -0.25) is 14.5 Å². The molecule has 1 fully saturated rings. The Morgan fingerprint density at radius 2 is 1.93 bits per heavy atom. The highest BCUT2D eigenvalue weighted by atomic mass is 79.9. The summed E-state index contributed by atoms with van der Waals surface area (Å²) >= 11 is 3.36. The van der Waals surface area contributed by atoms with Crippen molar-refractivity contribution >= 4 is 45.2 Å². The molecule has 28 heavy (non-hydrogen) atoms. The molecule has 7 nitrogen and oxygen atoms in total. The third-order valence-electron chi connectivity index (χ3n) is 4.24. The fourth-order valence-corrected chi connectivity index (χ4v) is 3.18. The van der Waals surface area contributed by atoms with E-state index in [1.807, 2.05) is 55.5 Å². The summed E-state index contributed by atoms with van der Waals surface area (Å²) < 4.78 is 0.952. The number of carbonyl (C=O) groups excluding carboxylic acids is 3. The number of imide groups is 1. The largest absolute Gasteiger partial charge is 0.382 e. The summed E-state index contributed by atoms with van der Waals surface area (Å²) in [6.07, 6.45) is 0.299. The first kappa shape index (κ1) is 19.9. The summed E-state index contributed by atoms with van der Waals surface area (Å²) in [7, 11) is 0. The number of rotatable bonds is 7. The second-order valence-corrected chi connectivity index (χ2v) is 7.56. The zero-order valence-corrected chi connectivity index (χ0v) is 17.0. The molecule has 1 unspecified atom stereocenters. The van der Waals surface area contributed by atoms with Crippen LogP contribution in [0.5, 0.6) is 0 Å². The molecular weight excluding hydrogens is 424 g/mol. The Balaban J connectivity index is 1.54. The van der Waals surface area contributed by atoms with Gasteiger partial charge in [-0.2, -0.15) is 0 Å². The van der Waals surface area contributed by atoms with Crippen molar-refractivity contribution < 1.29 is 14.4 Å². The topological polar surface area (TPSA) is 90.5 Å². The van der Waals surface area contributed by atoms with Crippen molar-refractivity contribution in [3.05, 3.63) is 58.6 Å². The molecule has 0 aliphatic carbocycles. The van der Waals surface area contributed by atoms with Crippen LogP contribution >= 0.6 is 15.9 Å². The number of nitrogens with zero attached hydrogens (tertiary/aromatic N) is 1. The summed E-state index contributed by atoms with van der Waals surface area (Å²) in [5, 5.41) is 8.66. The summed E-state index contributed by atoms with van der Waals surface area (Å²) in [5.74, 6) is -0.320. The molecule has 8 heteroatoms. The SMILES string of the molecule is CC(CC(=O)Nc1ccc(Br)cc1)Nc1cccc(CN2C(=O)CNC2=O)c1. The van der Waals surface area contributed by atoms with Gasteiger partial charge in [-0.15, -0.1) is 0 Å². The third-order valence-corrected chi connectivity index (χ3v) is 4.77. The Morgan fingerprint density at radius 1 is 1.18 bits per heavy atom. The lowest BCUT2D eigenvalue weighted by Crippen LogP contribution is -2.30. The lowest BCUT2D eigenvalue weighted by atomic mass is 10.1. The first-order valence-corrected chi connectivity index (χ1v) is 9.69. The Bertz CT molecular complexity index is 869. The van der Waals surface area contributed by atoms with Gasteiger partial charge in [-0.05, 0) is 48.9 Å². The molecule has 0 saturated carbocycles. The monoisotopic (exact) mass is 444 g/mol. The Labute approximate surface area is 171 Å². The van der Waals surface area contributed by atoms with Crippen molar-refractivity contribution in [1.82, 2.24) is 10.2 Å². The normalized spacial score (nSPS) is 14.6. The molecule has 0 radical (unpaired) electrons. The molecule has 3 N–H and O–H groups in total. The first-order chi connectivity index (χ1) is 13.4. The molecule has 1 saturated heterocycles. The molecule has 0 bridgehead atoms. The van der Waals surface area contributed by atoms with Crippen molar-refractivity contribution in [2.24, 2.45) is 0 Å². The van der Waals surface area contributed by atoms with Crippen molar-refractivity contribution in [3.63, 3.8) is 0 Å². The zero-order chi connectivity index (χ0) is 20.1. The van der Waals surface area contributed by atoms with Gasteiger partial charge in [0.2, 0.25) is 11.8 Å². The lowest BCUT2D eigenvalue weighted by Gasteiger charge is -2.17. The van der Waals surface area contributed by atoms with E-state index in [0.29, 0.717) is 6.42 Å². The van der Waals surface area contributed by atoms with E-state index in [9.17, 15) is 14.4 Å². The van der Waals surface area contributed by atoms with Crippen molar-refractivity contribution in [2.75, 3.05) is 17.2 Å². The predicted molar refractivity (Wildman–Crippen MR) is 111 cm³/mol. The fraction of sp³-hybridized carbons (Fsp3) is 0.250.